The summed E-state index contributed by atoms with van der Waals surface area (Å²) in [5.74, 6) is -1.19. The fourth-order valence-electron chi connectivity index (χ4n) is 8.17. The zero-order chi connectivity index (χ0) is 33.6. The first-order chi connectivity index (χ1) is 21.8. The first-order valence-electron chi connectivity index (χ1n) is 15.8. The number of ketones is 1. The zero-order valence-corrected chi connectivity index (χ0v) is 26.0. The minimum absolute atomic E-state index is 0.0805. The molecule has 14 nitrogen and oxygen atoms in total. The molecular weight excluding hydrogens is 608 g/mol. The summed E-state index contributed by atoms with van der Waals surface area (Å²) in [6.45, 7) is 6.70. The maximum absolute atomic E-state index is 14.2. The lowest BCUT2D eigenvalue weighted by atomic mass is 9.46. The predicted molar refractivity (Wildman–Crippen MR) is 156 cm³/mol. The van der Waals surface area contributed by atoms with Gasteiger partial charge < -0.3 is 59.1 Å². The van der Waals surface area contributed by atoms with Crippen molar-refractivity contribution in [3.8, 4) is 0 Å². The smallest absolute Gasteiger partial charge is 0.314 e. The Morgan fingerprint density at radius 2 is 1.59 bits per heavy atom. The van der Waals surface area contributed by atoms with E-state index in [1.165, 1.54) is 12.5 Å². The number of carbonyl (C=O) groups is 2. The Kier molecular flexibility index (Phi) is 10.5. The maximum atomic E-state index is 14.2. The summed E-state index contributed by atoms with van der Waals surface area (Å²) < 4.78 is 27.9. The molecule has 2 saturated heterocycles. The summed E-state index contributed by atoms with van der Waals surface area (Å²) >= 11 is 0. The average molecular weight is 655 g/mol. The standard InChI is InChI=1S/C32H46O14/c1-15-5-6-21-31(2,17(15)11-18(35)16-7-10-42-14-16)8-4-9-32(21,3)30(41)46-29-27(25(39)23(37)20(13-34)44-29)45-28-26(40)24(38)22(36)19(12-33)43-28/h7,10,14,17,19-29,33-34,36-40H,1,4-6,8-9,11-13H2,2-3H3/t17-,19+,20+,21-,22+,23+,24-,25+,26+,27+,28-,29+,31+,32+/m0/s1. The predicted octanol–water partition coefficient (Wildman–Crippen LogP) is -0.201. The monoisotopic (exact) mass is 654 g/mol. The van der Waals surface area contributed by atoms with E-state index in [0.29, 0.717) is 31.2 Å². The van der Waals surface area contributed by atoms with E-state index in [1.54, 1.807) is 13.0 Å². The first-order valence-corrected chi connectivity index (χ1v) is 15.8. The van der Waals surface area contributed by atoms with Gasteiger partial charge in [0.1, 0.15) is 49.0 Å². The molecule has 0 spiro atoms. The highest BCUT2D eigenvalue weighted by Crippen LogP contribution is 2.62. The minimum atomic E-state index is -1.84. The summed E-state index contributed by atoms with van der Waals surface area (Å²) in [6.07, 6.45) is -10.4. The van der Waals surface area contributed by atoms with Gasteiger partial charge >= 0.3 is 5.97 Å². The number of aliphatic hydroxyl groups is 7. The topological polar surface area (TPSA) is 226 Å². The highest BCUT2D eigenvalue weighted by molar-refractivity contribution is 5.96. The number of allylic oxidation sites excluding steroid dienone is 1. The van der Waals surface area contributed by atoms with E-state index in [2.05, 4.69) is 13.5 Å². The third-order valence-corrected chi connectivity index (χ3v) is 10.9. The zero-order valence-electron chi connectivity index (χ0n) is 26.0. The van der Waals surface area contributed by atoms with Crippen molar-refractivity contribution in [2.75, 3.05) is 13.2 Å². The quantitative estimate of drug-likeness (QED) is 0.104. The van der Waals surface area contributed by atoms with Crippen LogP contribution >= 0.6 is 0 Å². The van der Waals surface area contributed by atoms with Crippen LogP contribution in [-0.4, -0.2) is 122 Å². The first kappa shape index (κ1) is 35.1. The molecule has 0 unspecified atom stereocenters. The van der Waals surface area contributed by atoms with Gasteiger partial charge in [-0.2, -0.15) is 0 Å². The summed E-state index contributed by atoms with van der Waals surface area (Å²) in [5, 5.41) is 71.9. The fraction of sp³-hybridized carbons (Fsp3) is 0.750. The van der Waals surface area contributed by atoms with Gasteiger partial charge in [-0.1, -0.05) is 25.5 Å². The number of hydrogen-bond acceptors (Lipinski definition) is 14. The van der Waals surface area contributed by atoms with E-state index < -0.39 is 91.4 Å². The number of aliphatic hydroxyl groups excluding tert-OH is 7. The van der Waals surface area contributed by atoms with Gasteiger partial charge in [-0.25, -0.2) is 0 Å². The van der Waals surface area contributed by atoms with Gasteiger partial charge in [0, 0.05) is 6.42 Å². The van der Waals surface area contributed by atoms with Gasteiger partial charge in [-0.05, 0) is 55.9 Å². The molecule has 46 heavy (non-hydrogen) atoms. The molecule has 0 bridgehead atoms. The van der Waals surface area contributed by atoms with Crippen LogP contribution in [0, 0.1) is 22.7 Å². The second-order valence-electron chi connectivity index (χ2n) is 13.6. The van der Waals surface area contributed by atoms with Crippen LogP contribution in [0.3, 0.4) is 0 Å². The highest BCUT2D eigenvalue weighted by Gasteiger charge is 2.60. The third-order valence-electron chi connectivity index (χ3n) is 10.9. The van der Waals surface area contributed by atoms with E-state index in [0.717, 1.165) is 12.0 Å². The molecule has 5 rings (SSSR count). The van der Waals surface area contributed by atoms with Crippen molar-refractivity contribution in [3.05, 3.63) is 36.3 Å². The van der Waals surface area contributed by atoms with E-state index >= 15 is 0 Å². The molecule has 2 aliphatic heterocycles. The lowest BCUT2D eigenvalue weighted by Gasteiger charge is -2.57. The van der Waals surface area contributed by atoms with Crippen molar-refractivity contribution in [1.82, 2.24) is 0 Å². The molecule has 0 radical (unpaired) electrons. The Labute approximate surface area is 266 Å². The Hall–Kier alpha value is -2.24. The van der Waals surface area contributed by atoms with Crippen LogP contribution in [0.4, 0.5) is 0 Å². The SMILES string of the molecule is C=C1CC[C@H]2[C@](C)(CCC[C@@]2(C)C(=O)O[C@H]2O[C@H](CO)[C@@H](O)[C@@H](O)[C@H]2O[C@@H]2O[C@H](CO)[C@@H](O)[C@H](O)[C@H]2O)[C@H]1CC(=O)c1ccoc1. The second kappa shape index (κ2) is 13.7. The molecule has 1 aromatic heterocycles. The van der Waals surface area contributed by atoms with Crippen LogP contribution in [0.5, 0.6) is 0 Å². The van der Waals surface area contributed by atoms with Crippen molar-refractivity contribution in [1.29, 1.82) is 0 Å². The second-order valence-corrected chi connectivity index (χ2v) is 13.6. The van der Waals surface area contributed by atoms with Crippen LogP contribution in [-0.2, 0) is 23.7 Å². The summed E-state index contributed by atoms with van der Waals surface area (Å²) in [6, 6.07) is 1.62. The van der Waals surface area contributed by atoms with Crippen molar-refractivity contribution < 1.29 is 68.7 Å². The average Bonchev–Trinajstić information content (AvgIpc) is 3.57. The molecule has 14 heteroatoms. The highest BCUT2D eigenvalue weighted by atomic mass is 16.8. The molecule has 7 N–H and O–H groups in total. The molecule has 0 amide bonds. The largest absolute Gasteiger partial charge is 0.472 e. The normalized spacial score (nSPS) is 44.8. The van der Waals surface area contributed by atoms with Crippen LogP contribution in [0.2, 0.25) is 0 Å². The summed E-state index contributed by atoms with van der Waals surface area (Å²) in [7, 11) is 0. The van der Waals surface area contributed by atoms with Crippen LogP contribution in [0.1, 0.15) is 62.7 Å². The Bertz CT molecular complexity index is 1240. The number of hydrogen-bond donors (Lipinski definition) is 7. The fourth-order valence-corrected chi connectivity index (χ4v) is 8.17. The lowest BCUT2D eigenvalue weighted by Crippen LogP contribution is -2.65. The molecule has 258 valence electrons. The number of rotatable bonds is 9. The van der Waals surface area contributed by atoms with Crippen LogP contribution in [0.15, 0.2) is 35.2 Å². The van der Waals surface area contributed by atoms with Crippen molar-refractivity contribution in [3.63, 3.8) is 0 Å². The third kappa shape index (κ3) is 6.20. The van der Waals surface area contributed by atoms with Gasteiger partial charge in [-0.15, -0.1) is 0 Å². The number of Topliss-reactive ketones (excluding diaryl/α,β-unsaturated/α-hetero) is 1. The maximum Gasteiger partial charge on any atom is 0.314 e. The lowest BCUT2D eigenvalue weighted by molar-refractivity contribution is -0.363. The number of furan rings is 1. The van der Waals surface area contributed by atoms with Crippen LogP contribution < -0.4 is 0 Å². The molecular formula is C32H46O14. The number of ether oxygens (including phenoxy) is 4. The van der Waals surface area contributed by atoms with Gasteiger partial charge in [0.05, 0.1) is 30.5 Å². The van der Waals surface area contributed by atoms with Gasteiger partial charge in [0.25, 0.3) is 0 Å². The van der Waals surface area contributed by atoms with Gasteiger partial charge in [-0.3, -0.25) is 9.59 Å². The van der Waals surface area contributed by atoms with E-state index in [4.69, 9.17) is 23.4 Å². The van der Waals surface area contributed by atoms with Gasteiger partial charge in [0.2, 0.25) is 6.29 Å². The molecule has 4 fully saturated rings. The Morgan fingerprint density at radius 3 is 2.22 bits per heavy atom. The molecule has 0 aromatic carbocycles. The van der Waals surface area contributed by atoms with E-state index in [-0.39, 0.29) is 24.0 Å². The summed E-state index contributed by atoms with van der Waals surface area (Å²) in [5.41, 5.74) is -0.142. The Morgan fingerprint density at radius 1 is 0.935 bits per heavy atom. The van der Waals surface area contributed by atoms with Crippen LogP contribution in [0.25, 0.3) is 0 Å². The minimum Gasteiger partial charge on any atom is -0.472 e. The summed E-state index contributed by atoms with van der Waals surface area (Å²) in [4.78, 5) is 27.4. The van der Waals surface area contributed by atoms with E-state index in [1.807, 2.05) is 0 Å². The Balaban J connectivity index is 1.38. The van der Waals surface area contributed by atoms with Crippen molar-refractivity contribution in [2.45, 2.75) is 114 Å². The number of carbonyl (C=O) groups excluding carboxylic acids is 2. The molecule has 4 aliphatic rings. The van der Waals surface area contributed by atoms with Crippen molar-refractivity contribution >= 4 is 11.8 Å². The number of esters is 1. The molecule has 1 aromatic rings. The molecule has 2 aliphatic carbocycles. The molecule has 2 saturated carbocycles. The number of fused-ring (bicyclic) bond motifs is 1. The molecule has 14 atom stereocenters. The van der Waals surface area contributed by atoms with Gasteiger partial charge in [0.15, 0.2) is 18.2 Å². The van der Waals surface area contributed by atoms with Crippen molar-refractivity contribution in [2.24, 2.45) is 22.7 Å². The van der Waals surface area contributed by atoms with E-state index in [9.17, 15) is 45.3 Å². The molecule has 3 heterocycles.